The van der Waals surface area contributed by atoms with Gasteiger partial charge >= 0.3 is 0 Å². The van der Waals surface area contributed by atoms with Crippen molar-refractivity contribution in [1.29, 1.82) is 0 Å². The maximum Gasteiger partial charge on any atom is 0.245 e. The molecule has 0 saturated carbocycles. The van der Waals surface area contributed by atoms with Crippen LogP contribution in [0.15, 0.2) is 56.8 Å². The number of rotatable bonds is 5. The number of nitrogens with one attached hydrogen (secondary N) is 2. The number of hydrazone groups is 1. The molecule has 0 radical (unpaired) electrons. The standard InChI is InChI=1S/C15H10IN7O2/c16-9-3-5-10(6-4-9)18-12-13(20-15-14(19-12)22-25-23-15)21-17-8-11-2-1-7-24-11/h1-8H,(H,18,19,22)(H,20,21,23)/b17-8+. The molecule has 1 aromatic carbocycles. The molecule has 0 bridgehead atoms. The Balaban J connectivity index is 1.64. The van der Waals surface area contributed by atoms with Gasteiger partial charge in [-0.2, -0.15) is 10.1 Å². The molecule has 124 valence electrons. The third-order valence-electron chi connectivity index (χ3n) is 3.13. The molecular formula is C15H10IN7O2. The molecule has 0 aliphatic rings. The van der Waals surface area contributed by atoms with Crippen LogP contribution >= 0.6 is 22.6 Å². The minimum Gasteiger partial charge on any atom is -0.463 e. The summed E-state index contributed by atoms with van der Waals surface area (Å²) in [5.74, 6) is 1.43. The molecule has 0 atom stereocenters. The number of furan rings is 1. The summed E-state index contributed by atoms with van der Waals surface area (Å²) in [6, 6.07) is 11.4. The van der Waals surface area contributed by atoms with Gasteiger partial charge in [0.05, 0.1) is 12.5 Å². The first-order valence-corrected chi connectivity index (χ1v) is 8.21. The summed E-state index contributed by atoms with van der Waals surface area (Å²) in [5, 5.41) is 14.7. The van der Waals surface area contributed by atoms with E-state index in [9.17, 15) is 0 Å². The lowest BCUT2D eigenvalue weighted by atomic mass is 10.3. The highest BCUT2D eigenvalue weighted by Crippen LogP contribution is 2.24. The number of anilines is 3. The van der Waals surface area contributed by atoms with Crippen LogP contribution < -0.4 is 10.7 Å². The van der Waals surface area contributed by atoms with E-state index in [1.54, 1.807) is 18.4 Å². The zero-order valence-electron chi connectivity index (χ0n) is 12.5. The maximum absolute atomic E-state index is 5.19. The Morgan fingerprint density at radius 2 is 1.76 bits per heavy atom. The van der Waals surface area contributed by atoms with Crippen LogP contribution in [0.5, 0.6) is 0 Å². The summed E-state index contributed by atoms with van der Waals surface area (Å²) < 4.78 is 11.0. The third-order valence-corrected chi connectivity index (χ3v) is 3.85. The minimum atomic E-state index is 0.281. The Hall–Kier alpha value is -3.02. The van der Waals surface area contributed by atoms with Gasteiger partial charge in [0.15, 0.2) is 11.6 Å². The van der Waals surface area contributed by atoms with Gasteiger partial charge in [-0.25, -0.2) is 9.61 Å². The molecule has 9 nitrogen and oxygen atoms in total. The zero-order valence-corrected chi connectivity index (χ0v) is 14.7. The van der Waals surface area contributed by atoms with Crippen molar-refractivity contribution in [3.8, 4) is 0 Å². The molecule has 0 spiro atoms. The predicted molar refractivity (Wildman–Crippen MR) is 99.8 cm³/mol. The average molecular weight is 447 g/mol. The maximum atomic E-state index is 5.19. The van der Waals surface area contributed by atoms with Gasteiger partial charge in [-0.1, -0.05) is 0 Å². The molecule has 0 aliphatic carbocycles. The van der Waals surface area contributed by atoms with E-state index in [0.717, 1.165) is 9.26 Å². The average Bonchev–Trinajstić information content (AvgIpc) is 3.28. The summed E-state index contributed by atoms with van der Waals surface area (Å²) in [4.78, 5) is 8.68. The molecule has 25 heavy (non-hydrogen) atoms. The van der Waals surface area contributed by atoms with E-state index < -0.39 is 0 Å². The van der Waals surface area contributed by atoms with Gasteiger partial charge in [0, 0.05) is 9.26 Å². The van der Waals surface area contributed by atoms with Crippen LogP contribution in [0.4, 0.5) is 17.3 Å². The van der Waals surface area contributed by atoms with Crippen LogP contribution in [0.25, 0.3) is 11.3 Å². The van der Waals surface area contributed by atoms with Crippen molar-refractivity contribution in [3.63, 3.8) is 0 Å². The molecule has 3 aromatic heterocycles. The molecule has 0 amide bonds. The van der Waals surface area contributed by atoms with Gasteiger partial charge in [0.2, 0.25) is 11.3 Å². The number of fused-ring (bicyclic) bond motifs is 1. The normalized spacial score (nSPS) is 11.2. The zero-order chi connectivity index (χ0) is 17.1. The molecule has 0 saturated heterocycles. The quantitative estimate of drug-likeness (QED) is 0.272. The molecule has 0 unspecified atom stereocenters. The summed E-state index contributed by atoms with van der Waals surface area (Å²) in [6.07, 6.45) is 3.10. The van der Waals surface area contributed by atoms with Gasteiger partial charge in [0.1, 0.15) is 5.76 Å². The Bertz CT molecular complexity index is 1010. The van der Waals surface area contributed by atoms with Crippen LogP contribution in [0.1, 0.15) is 5.76 Å². The molecule has 0 aliphatic heterocycles. The molecule has 2 N–H and O–H groups in total. The number of hydrogen-bond acceptors (Lipinski definition) is 9. The smallest absolute Gasteiger partial charge is 0.245 e. The van der Waals surface area contributed by atoms with Crippen LogP contribution in [0.2, 0.25) is 0 Å². The molecule has 3 heterocycles. The van der Waals surface area contributed by atoms with E-state index in [1.807, 2.05) is 24.3 Å². The fraction of sp³-hybridized carbons (Fsp3) is 0. The fourth-order valence-electron chi connectivity index (χ4n) is 1.99. The highest BCUT2D eigenvalue weighted by atomic mass is 127. The Kier molecular flexibility index (Phi) is 4.24. The van der Waals surface area contributed by atoms with Crippen LogP contribution in [0, 0.1) is 3.57 Å². The van der Waals surface area contributed by atoms with E-state index in [4.69, 9.17) is 4.42 Å². The highest BCUT2D eigenvalue weighted by molar-refractivity contribution is 14.1. The predicted octanol–water partition coefficient (Wildman–Crippen LogP) is 3.40. The summed E-state index contributed by atoms with van der Waals surface area (Å²) >= 11 is 2.24. The van der Waals surface area contributed by atoms with Gasteiger partial charge < -0.3 is 9.73 Å². The van der Waals surface area contributed by atoms with E-state index in [-0.39, 0.29) is 5.65 Å². The molecule has 10 heteroatoms. The lowest BCUT2D eigenvalue weighted by Crippen LogP contribution is -2.03. The fourth-order valence-corrected chi connectivity index (χ4v) is 2.35. The second-order valence-electron chi connectivity index (χ2n) is 4.85. The lowest BCUT2D eigenvalue weighted by Gasteiger charge is -2.09. The number of halogens is 1. The second kappa shape index (κ2) is 6.84. The van der Waals surface area contributed by atoms with Gasteiger partial charge in [-0.15, -0.1) is 0 Å². The summed E-state index contributed by atoms with van der Waals surface area (Å²) in [7, 11) is 0. The Labute approximate surface area is 154 Å². The number of hydrogen-bond donors (Lipinski definition) is 2. The van der Waals surface area contributed by atoms with Crippen molar-refractivity contribution < 1.29 is 9.05 Å². The van der Waals surface area contributed by atoms with Crippen LogP contribution in [-0.2, 0) is 0 Å². The monoisotopic (exact) mass is 447 g/mol. The van der Waals surface area contributed by atoms with Crippen LogP contribution in [0.3, 0.4) is 0 Å². The lowest BCUT2D eigenvalue weighted by molar-refractivity contribution is 0.314. The van der Waals surface area contributed by atoms with E-state index >= 15 is 0 Å². The summed E-state index contributed by atoms with van der Waals surface area (Å²) in [5.41, 5.74) is 4.26. The van der Waals surface area contributed by atoms with Gasteiger partial charge in [0.25, 0.3) is 0 Å². The first kappa shape index (κ1) is 15.5. The molecule has 0 fully saturated rings. The second-order valence-corrected chi connectivity index (χ2v) is 6.10. The van der Waals surface area contributed by atoms with E-state index in [0.29, 0.717) is 23.0 Å². The minimum absolute atomic E-state index is 0.281. The van der Waals surface area contributed by atoms with Crippen molar-refractivity contribution in [2.45, 2.75) is 0 Å². The van der Waals surface area contributed by atoms with Crippen molar-refractivity contribution in [2.75, 3.05) is 10.7 Å². The number of nitrogens with zero attached hydrogens (tertiary/aromatic N) is 5. The van der Waals surface area contributed by atoms with Crippen molar-refractivity contribution in [3.05, 3.63) is 52.0 Å². The number of aromatic nitrogens is 4. The SMILES string of the molecule is Ic1ccc(Nc2nc3nonc3nc2N/N=C/c2ccco2)cc1. The third kappa shape index (κ3) is 3.57. The first-order chi connectivity index (χ1) is 12.3. The van der Waals surface area contributed by atoms with Gasteiger partial charge in [-0.3, -0.25) is 5.43 Å². The molecular weight excluding hydrogens is 437 g/mol. The Morgan fingerprint density at radius 1 is 1.00 bits per heavy atom. The van der Waals surface area contributed by atoms with Crippen molar-refractivity contribution in [2.24, 2.45) is 5.10 Å². The Morgan fingerprint density at radius 3 is 2.48 bits per heavy atom. The van der Waals surface area contributed by atoms with Crippen molar-refractivity contribution >= 4 is 57.4 Å². The van der Waals surface area contributed by atoms with Crippen molar-refractivity contribution in [1.82, 2.24) is 20.3 Å². The largest absolute Gasteiger partial charge is 0.463 e. The topological polar surface area (TPSA) is 114 Å². The van der Waals surface area contributed by atoms with E-state index in [2.05, 4.69) is 63.3 Å². The molecule has 4 aromatic rings. The highest BCUT2D eigenvalue weighted by Gasteiger charge is 2.12. The van der Waals surface area contributed by atoms with E-state index in [1.165, 1.54) is 6.21 Å². The first-order valence-electron chi connectivity index (χ1n) is 7.13. The molecule has 4 rings (SSSR count). The van der Waals surface area contributed by atoms with Crippen LogP contribution in [-0.4, -0.2) is 26.5 Å². The van der Waals surface area contributed by atoms with Gasteiger partial charge in [-0.05, 0) is 69.3 Å². The summed E-state index contributed by atoms with van der Waals surface area (Å²) in [6.45, 7) is 0. The number of benzene rings is 1.